The van der Waals surface area contributed by atoms with Crippen LogP contribution in [0.1, 0.15) is 11.4 Å². The highest BCUT2D eigenvalue weighted by atomic mass is 16.6. The van der Waals surface area contributed by atoms with E-state index < -0.39 is 4.92 Å². The summed E-state index contributed by atoms with van der Waals surface area (Å²) in [7, 11) is 1.45. The molecule has 20 heavy (non-hydrogen) atoms. The number of benzene rings is 1. The van der Waals surface area contributed by atoms with Gasteiger partial charge in [-0.25, -0.2) is 0 Å². The maximum Gasteiger partial charge on any atom is 0.296 e. The lowest BCUT2D eigenvalue weighted by atomic mass is 10.2. The first-order valence-electron chi connectivity index (χ1n) is 5.97. The van der Waals surface area contributed by atoms with Gasteiger partial charge in [-0.2, -0.15) is 0 Å². The predicted octanol–water partition coefficient (Wildman–Crippen LogP) is 2.37. The number of aromatic nitrogens is 1. The molecule has 0 aliphatic carbocycles. The van der Waals surface area contributed by atoms with Crippen molar-refractivity contribution in [3.8, 4) is 11.4 Å². The highest BCUT2D eigenvalue weighted by Crippen LogP contribution is 2.29. The second-order valence-electron chi connectivity index (χ2n) is 4.42. The van der Waals surface area contributed by atoms with Crippen molar-refractivity contribution in [2.45, 2.75) is 13.8 Å². The second kappa shape index (κ2) is 5.16. The van der Waals surface area contributed by atoms with E-state index in [9.17, 15) is 14.9 Å². The van der Waals surface area contributed by atoms with Crippen molar-refractivity contribution in [1.29, 1.82) is 0 Å². The fourth-order valence-electron chi connectivity index (χ4n) is 2.21. The SMILES string of the molecule is COc1ccc(-n2c(C)cc(=O)cc2C)c([N+](=O)[O-])c1. The van der Waals surface area contributed by atoms with Crippen LogP contribution in [0.5, 0.6) is 5.75 Å². The van der Waals surface area contributed by atoms with Gasteiger partial charge in [0.05, 0.1) is 18.1 Å². The molecule has 0 atom stereocenters. The van der Waals surface area contributed by atoms with Crippen molar-refractivity contribution < 1.29 is 9.66 Å². The van der Waals surface area contributed by atoms with Gasteiger partial charge in [-0.3, -0.25) is 14.9 Å². The first-order chi connectivity index (χ1) is 9.43. The molecule has 104 valence electrons. The largest absolute Gasteiger partial charge is 0.496 e. The van der Waals surface area contributed by atoms with Crippen molar-refractivity contribution >= 4 is 5.69 Å². The Hall–Kier alpha value is -2.63. The molecule has 0 bridgehead atoms. The van der Waals surface area contributed by atoms with Crippen LogP contribution in [0, 0.1) is 24.0 Å². The molecule has 0 unspecified atom stereocenters. The average molecular weight is 274 g/mol. The Morgan fingerprint density at radius 1 is 1.15 bits per heavy atom. The van der Waals surface area contributed by atoms with Gasteiger partial charge in [-0.05, 0) is 26.0 Å². The van der Waals surface area contributed by atoms with Crippen molar-refractivity contribution in [1.82, 2.24) is 4.57 Å². The molecule has 2 rings (SSSR count). The maximum atomic E-state index is 11.4. The Balaban J connectivity index is 2.76. The number of aryl methyl sites for hydroxylation is 2. The first-order valence-corrected chi connectivity index (χ1v) is 5.97. The van der Waals surface area contributed by atoms with Gasteiger partial charge in [0.1, 0.15) is 11.4 Å². The molecule has 1 aromatic carbocycles. The monoisotopic (exact) mass is 274 g/mol. The summed E-state index contributed by atoms with van der Waals surface area (Å²) in [6.45, 7) is 3.48. The standard InChI is InChI=1S/C14H14N2O4/c1-9-6-11(17)7-10(2)15(9)13-5-4-12(20-3)8-14(13)16(18)19/h4-8H,1-3H3. The minimum absolute atomic E-state index is 0.0702. The third-order valence-corrected chi connectivity index (χ3v) is 3.03. The predicted molar refractivity (Wildman–Crippen MR) is 74.7 cm³/mol. The molecule has 0 N–H and O–H groups in total. The fourth-order valence-corrected chi connectivity index (χ4v) is 2.21. The summed E-state index contributed by atoms with van der Waals surface area (Å²) in [5.74, 6) is 0.414. The summed E-state index contributed by atoms with van der Waals surface area (Å²) in [5.41, 5.74) is 1.50. The van der Waals surface area contributed by atoms with E-state index in [0.29, 0.717) is 22.8 Å². The molecule has 0 radical (unpaired) electrons. The number of nitrogens with zero attached hydrogens (tertiary/aromatic N) is 2. The van der Waals surface area contributed by atoms with Crippen LogP contribution in [0.15, 0.2) is 35.1 Å². The van der Waals surface area contributed by atoms with Gasteiger partial charge >= 0.3 is 0 Å². The highest BCUT2D eigenvalue weighted by Gasteiger charge is 2.18. The number of rotatable bonds is 3. The van der Waals surface area contributed by atoms with Gasteiger partial charge < -0.3 is 9.30 Å². The second-order valence-corrected chi connectivity index (χ2v) is 4.42. The van der Waals surface area contributed by atoms with E-state index >= 15 is 0 Å². The average Bonchev–Trinajstić information content (AvgIpc) is 2.37. The Bertz CT molecular complexity index is 708. The summed E-state index contributed by atoms with van der Waals surface area (Å²) in [5, 5.41) is 11.2. The van der Waals surface area contributed by atoms with Crippen molar-refractivity contribution in [3.63, 3.8) is 0 Å². The zero-order valence-electron chi connectivity index (χ0n) is 11.4. The number of nitro groups is 1. The van der Waals surface area contributed by atoms with Crippen molar-refractivity contribution in [2.75, 3.05) is 7.11 Å². The van der Waals surface area contributed by atoms with Crippen LogP contribution in [-0.4, -0.2) is 16.6 Å². The van der Waals surface area contributed by atoms with Gasteiger partial charge in [0.2, 0.25) is 0 Å². The third kappa shape index (κ3) is 2.40. The van der Waals surface area contributed by atoms with Gasteiger partial charge in [0.25, 0.3) is 5.69 Å². The van der Waals surface area contributed by atoms with E-state index in [1.54, 1.807) is 30.5 Å². The summed E-state index contributed by atoms with van der Waals surface area (Å²) >= 11 is 0. The molecule has 0 amide bonds. The van der Waals surface area contributed by atoms with Crippen LogP contribution < -0.4 is 10.2 Å². The van der Waals surface area contributed by atoms with E-state index in [4.69, 9.17) is 4.74 Å². The quantitative estimate of drug-likeness (QED) is 0.636. The summed E-state index contributed by atoms with van der Waals surface area (Å²) in [6, 6.07) is 7.52. The normalized spacial score (nSPS) is 10.3. The number of ether oxygens (including phenoxy) is 1. The molecular weight excluding hydrogens is 260 g/mol. The highest BCUT2D eigenvalue weighted by molar-refractivity contribution is 5.57. The molecule has 2 aromatic rings. The number of pyridine rings is 1. The van der Waals surface area contributed by atoms with Crippen LogP contribution in [0.4, 0.5) is 5.69 Å². The van der Waals surface area contributed by atoms with E-state index in [0.717, 1.165) is 0 Å². The Morgan fingerprint density at radius 3 is 2.25 bits per heavy atom. The zero-order chi connectivity index (χ0) is 14.9. The number of methoxy groups -OCH3 is 1. The fraction of sp³-hybridized carbons (Fsp3) is 0.214. The lowest BCUT2D eigenvalue weighted by Crippen LogP contribution is -2.12. The van der Waals surface area contributed by atoms with E-state index in [1.807, 2.05) is 0 Å². The van der Waals surface area contributed by atoms with Gasteiger partial charge in [-0.1, -0.05) is 0 Å². The summed E-state index contributed by atoms with van der Waals surface area (Å²) in [6.07, 6.45) is 0. The zero-order valence-corrected chi connectivity index (χ0v) is 11.4. The molecule has 1 aromatic heterocycles. The molecule has 0 aliphatic rings. The molecule has 0 saturated carbocycles. The van der Waals surface area contributed by atoms with Crippen LogP contribution in [-0.2, 0) is 0 Å². The lowest BCUT2D eigenvalue weighted by Gasteiger charge is -2.14. The molecular formula is C14H14N2O4. The van der Waals surface area contributed by atoms with E-state index in [1.165, 1.54) is 25.3 Å². The van der Waals surface area contributed by atoms with E-state index in [2.05, 4.69) is 0 Å². The Morgan fingerprint density at radius 2 is 1.75 bits per heavy atom. The molecule has 0 saturated heterocycles. The Kier molecular flexibility index (Phi) is 3.56. The smallest absolute Gasteiger partial charge is 0.296 e. The molecule has 6 heteroatoms. The molecule has 1 heterocycles. The molecule has 0 fully saturated rings. The van der Waals surface area contributed by atoms with Crippen molar-refractivity contribution in [3.05, 3.63) is 62.1 Å². The first kappa shape index (κ1) is 13.8. The summed E-state index contributed by atoms with van der Waals surface area (Å²) in [4.78, 5) is 22.2. The minimum atomic E-state index is -0.463. The van der Waals surface area contributed by atoms with Crippen LogP contribution in [0.3, 0.4) is 0 Å². The topological polar surface area (TPSA) is 74.4 Å². The third-order valence-electron chi connectivity index (χ3n) is 3.03. The lowest BCUT2D eigenvalue weighted by molar-refractivity contribution is -0.384. The van der Waals surface area contributed by atoms with Crippen LogP contribution >= 0.6 is 0 Å². The van der Waals surface area contributed by atoms with E-state index in [-0.39, 0.29) is 11.1 Å². The maximum absolute atomic E-state index is 11.4. The summed E-state index contributed by atoms with van der Waals surface area (Å²) < 4.78 is 6.69. The molecule has 6 nitrogen and oxygen atoms in total. The molecule has 0 aliphatic heterocycles. The Labute approximate surface area is 115 Å². The minimum Gasteiger partial charge on any atom is -0.496 e. The van der Waals surface area contributed by atoms with Crippen LogP contribution in [0.2, 0.25) is 0 Å². The number of hydrogen-bond acceptors (Lipinski definition) is 4. The van der Waals surface area contributed by atoms with Gasteiger partial charge in [0.15, 0.2) is 5.43 Å². The van der Waals surface area contributed by atoms with Crippen LogP contribution in [0.25, 0.3) is 5.69 Å². The molecule has 0 spiro atoms. The van der Waals surface area contributed by atoms with Gasteiger partial charge in [-0.15, -0.1) is 0 Å². The van der Waals surface area contributed by atoms with Crippen molar-refractivity contribution in [2.24, 2.45) is 0 Å². The number of nitro benzene ring substituents is 1. The van der Waals surface area contributed by atoms with Gasteiger partial charge in [0, 0.05) is 23.5 Å². The number of hydrogen-bond donors (Lipinski definition) is 0.